The smallest absolute Gasteiger partial charge is 0.123 e. The van der Waals surface area contributed by atoms with Gasteiger partial charge in [0.2, 0.25) is 0 Å². The molecule has 2 rings (SSSR count). The van der Waals surface area contributed by atoms with Crippen molar-refractivity contribution in [3.05, 3.63) is 35.6 Å². The third kappa shape index (κ3) is 4.31. The van der Waals surface area contributed by atoms with Gasteiger partial charge in [-0.15, -0.1) is 0 Å². The number of nitrogens with one attached hydrogen (secondary N) is 1. The third-order valence-electron chi connectivity index (χ3n) is 4.79. The normalized spacial score (nSPS) is 20.8. The maximum Gasteiger partial charge on any atom is 0.123 e. The minimum absolute atomic E-state index is 0.145. The molecule has 1 atom stereocenters. The van der Waals surface area contributed by atoms with E-state index in [1.165, 1.54) is 31.2 Å². The van der Waals surface area contributed by atoms with E-state index in [2.05, 4.69) is 26.1 Å². The molecule has 112 valence electrons. The highest BCUT2D eigenvalue weighted by atomic mass is 19.1. The zero-order valence-electron chi connectivity index (χ0n) is 13.1. The molecule has 1 aliphatic carbocycles. The Bertz CT molecular complexity index is 400. The van der Waals surface area contributed by atoms with E-state index in [-0.39, 0.29) is 5.82 Å². The van der Waals surface area contributed by atoms with E-state index in [1.807, 2.05) is 12.1 Å². The van der Waals surface area contributed by atoms with Crippen molar-refractivity contribution in [2.45, 2.75) is 58.9 Å². The molecule has 20 heavy (non-hydrogen) atoms. The Morgan fingerprint density at radius 2 is 1.80 bits per heavy atom. The molecule has 1 unspecified atom stereocenters. The molecule has 1 aromatic carbocycles. The molecule has 1 aromatic rings. The fraction of sp³-hybridized carbons (Fsp3) is 0.667. The van der Waals surface area contributed by atoms with Crippen LogP contribution in [0.3, 0.4) is 0 Å². The molecule has 0 heterocycles. The number of halogens is 1. The van der Waals surface area contributed by atoms with E-state index in [9.17, 15) is 4.39 Å². The monoisotopic (exact) mass is 277 g/mol. The maximum atomic E-state index is 13.0. The molecule has 1 saturated carbocycles. The van der Waals surface area contributed by atoms with Gasteiger partial charge in [-0.05, 0) is 67.7 Å². The predicted octanol–water partition coefficient (Wildman–Crippen LogP) is 4.56. The molecule has 1 aliphatic rings. The molecule has 0 aromatic heterocycles. The van der Waals surface area contributed by atoms with Crippen LogP contribution in [0.1, 0.15) is 52.0 Å². The van der Waals surface area contributed by atoms with Crippen molar-refractivity contribution in [1.82, 2.24) is 5.32 Å². The first-order valence-corrected chi connectivity index (χ1v) is 7.98. The fourth-order valence-corrected chi connectivity index (χ4v) is 3.37. The van der Waals surface area contributed by atoms with E-state index < -0.39 is 0 Å². The van der Waals surface area contributed by atoms with Crippen LogP contribution in [0.15, 0.2) is 24.3 Å². The van der Waals surface area contributed by atoms with E-state index >= 15 is 0 Å². The zero-order valence-corrected chi connectivity index (χ0v) is 13.1. The van der Waals surface area contributed by atoms with E-state index in [0.29, 0.717) is 11.5 Å². The largest absolute Gasteiger partial charge is 0.314 e. The number of benzene rings is 1. The van der Waals surface area contributed by atoms with Crippen LogP contribution in [-0.2, 0) is 6.42 Å². The van der Waals surface area contributed by atoms with Gasteiger partial charge in [0.15, 0.2) is 0 Å². The predicted molar refractivity (Wildman–Crippen MR) is 83.3 cm³/mol. The average Bonchev–Trinajstić information content (AvgIpc) is 2.41. The zero-order chi connectivity index (χ0) is 14.6. The summed E-state index contributed by atoms with van der Waals surface area (Å²) in [6, 6.07) is 7.52. The fourth-order valence-electron chi connectivity index (χ4n) is 3.37. The molecule has 2 heteroatoms. The summed E-state index contributed by atoms with van der Waals surface area (Å²) in [7, 11) is 0. The molecular formula is C18H28FN. The molecule has 1 fully saturated rings. The number of likely N-dealkylation sites (N-methyl/N-ethyl adjacent to an activating group) is 1. The lowest BCUT2D eigenvalue weighted by Crippen LogP contribution is -2.40. The van der Waals surface area contributed by atoms with Gasteiger partial charge in [-0.1, -0.05) is 32.9 Å². The standard InChI is InChI=1S/C18H28FN/c1-4-20-17(13-14-5-7-16(19)8-6-14)15-9-11-18(2,3)12-10-15/h5-8,15,17,20H,4,9-13H2,1-3H3. The van der Waals surface area contributed by atoms with Crippen molar-refractivity contribution in [3.63, 3.8) is 0 Å². The highest BCUT2D eigenvalue weighted by Crippen LogP contribution is 2.39. The van der Waals surface area contributed by atoms with Crippen LogP contribution in [0.2, 0.25) is 0 Å². The van der Waals surface area contributed by atoms with E-state index in [0.717, 1.165) is 18.9 Å². The highest BCUT2D eigenvalue weighted by molar-refractivity contribution is 5.17. The van der Waals surface area contributed by atoms with Crippen molar-refractivity contribution in [1.29, 1.82) is 0 Å². The van der Waals surface area contributed by atoms with Gasteiger partial charge in [0.1, 0.15) is 5.82 Å². The van der Waals surface area contributed by atoms with Gasteiger partial charge < -0.3 is 5.32 Å². The lowest BCUT2D eigenvalue weighted by Gasteiger charge is -2.38. The van der Waals surface area contributed by atoms with E-state index in [1.54, 1.807) is 12.1 Å². The first kappa shape index (κ1) is 15.5. The summed E-state index contributed by atoms with van der Waals surface area (Å²) in [5.41, 5.74) is 1.76. The number of hydrogen-bond acceptors (Lipinski definition) is 1. The second kappa shape index (κ2) is 6.71. The Morgan fingerprint density at radius 3 is 2.35 bits per heavy atom. The summed E-state index contributed by atoms with van der Waals surface area (Å²) >= 11 is 0. The van der Waals surface area contributed by atoms with E-state index in [4.69, 9.17) is 0 Å². The Morgan fingerprint density at radius 1 is 1.20 bits per heavy atom. The van der Waals surface area contributed by atoms with Crippen LogP contribution < -0.4 is 5.32 Å². The molecule has 0 aliphatic heterocycles. The highest BCUT2D eigenvalue weighted by Gasteiger charge is 2.30. The maximum absolute atomic E-state index is 13.0. The van der Waals surface area contributed by atoms with Gasteiger partial charge >= 0.3 is 0 Å². The van der Waals surface area contributed by atoms with Gasteiger partial charge in [0.05, 0.1) is 0 Å². The van der Waals surface area contributed by atoms with Crippen molar-refractivity contribution < 1.29 is 4.39 Å². The lowest BCUT2D eigenvalue weighted by molar-refractivity contribution is 0.161. The second-order valence-electron chi connectivity index (χ2n) is 7.00. The first-order valence-electron chi connectivity index (χ1n) is 7.98. The summed E-state index contributed by atoms with van der Waals surface area (Å²) < 4.78 is 13.0. The Balaban J connectivity index is 1.98. The summed E-state index contributed by atoms with van der Waals surface area (Å²) in [4.78, 5) is 0. The van der Waals surface area contributed by atoms with Crippen LogP contribution >= 0.6 is 0 Å². The minimum Gasteiger partial charge on any atom is -0.314 e. The van der Waals surface area contributed by atoms with Gasteiger partial charge in [-0.3, -0.25) is 0 Å². The van der Waals surface area contributed by atoms with Crippen LogP contribution in [0.4, 0.5) is 4.39 Å². The molecule has 1 N–H and O–H groups in total. The van der Waals surface area contributed by atoms with Gasteiger partial charge in [-0.2, -0.15) is 0 Å². The Labute approximate surface area is 123 Å². The molecule has 0 bridgehead atoms. The second-order valence-corrected chi connectivity index (χ2v) is 7.00. The lowest BCUT2D eigenvalue weighted by atomic mass is 9.70. The number of rotatable bonds is 5. The van der Waals surface area contributed by atoms with Crippen molar-refractivity contribution in [2.24, 2.45) is 11.3 Å². The Hall–Kier alpha value is -0.890. The molecule has 0 radical (unpaired) electrons. The van der Waals surface area contributed by atoms with Crippen LogP contribution in [-0.4, -0.2) is 12.6 Å². The van der Waals surface area contributed by atoms with Crippen LogP contribution in [0, 0.1) is 17.2 Å². The molecular weight excluding hydrogens is 249 g/mol. The van der Waals surface area contributed by atoms with Crippen LogP contribution in [0.25, 0.3) is 0 Å². The van der Waals surface area contributed by atoms with Crippen molar-refractivity contribution >= 4 is 0 Å². The topological polar surface area (TPSA) is 12.0 Å². The first-order chi connectivity index (χ1) is 9.50. The molecule has 0 saturated heterocycles. The summed E-state index contributed by atoms with van der Waals surface area (Å²) in [5.74, 6) is 0.612. The molecule has 0 spiro atoms. The summed E-state index contributed by atoms with van der Waals surface area (Å²) in [6.45, 7) is 7.94. The van der Waals surface area contributed by atoms with Crippen molar-refractivity contribution in [2.75, 3.05) is 6.54 Å². The Kier molecular flexibility index (Phi) is 5.20. The average molecular weight is 277 g/mol. The van der Waals surface area contributed by atoms with Gasteiger partial charge in [-0.25, -0.2) is 4.39 Å². The molecule has 0 amide bonds. The third-order valence-corrected chi connectivity index (χ3v) is 4.79. The summed E-state index contributed by atoms with van der Waals surface area (Å²) in [5, 5.41) is 3.65. The SMILES string of the molecule is CCNC(Cc1ccc(F)cc1)C1CCC(C)(C)CC1. The molecule has 1 nitrogen and oxygen atoms in total. The van der Waals surface area contributed by atoms with Crippen LogP contribution in [0.5, 0.6) is 0 Å². The van der Waals surface area contributed by atoms with Gasteiger partial charge in [0, 0.05) is 6.04 Å². The summed E-state index contributed by atoms with van der Waals surface area (Å²) in [6.07, 6.45) is 6.28. The minimum atomic E-state index is -0.145. The van der Waals surface area contributed by atoms with Gasteiger partial charge in [0.25, 0.3) is 0 Å². The quantitative estimate of drug-likeness (QED) is 0.831. The number of hydrogen-bond donors (Lipinski definition) is 1. The van der Waals surface area contributed by atoms with Crippen molar-refractivity contribution in [3.8, 4) is 0 Å².